The number of hydrogen-bond acceptors (Lipinski definition) is 6. The van der Waals surface area contributed by atoms with Gasteiger partial charge in [-0.25, -0.2) is 9.59 Å². The van der Waals surface area contributed by atoms with Crippen molar-refractivity contribution in [3.8, 4) is 0 Å². The lowest BCUT2D eigenvalue weighted by Crippen LogP contribution is -2.32. The molecule has 0 amide bonds. The van der Waals surface area contributed by atoms with E-state index in [4.69, 9.17) is 21.1 Å². The van der Waals surface area contributed by atoms with Crippen LogP contribution in [-0.2, 0) is 16.0 Å². The van der Waals surface area contributed by atoms with Crippen molar-refractivity contribution in [1.82, 2.24) is 19.4 Å². The Morgan fingerprint density at radius 3 is 1.93 bits per heavy atom. The first-order chi connectivity index (χ1) is 21.8. The van der Waals surface area contributed by atoms with Gasteiger partial charge in [0.2, 0.25) is 0 Å². The Labute approximate surface area is 272 Å². The number of H-pyrrole nitrogens is 1. The lowest BCUT2D eigenvalue weighted by atomic mass is 9.97. The highest BCUT2D eigenvalue weighted by Crippen LogP contribution is 2.25. The molecule has 6 rings (SSSR count). The maximum Gasteiger partial charge on any atom is 0.354 e. The molecule has 0 aliphatic carbocycles. The molecule has 2 fully saturated rings. The fourth-order valence-corrected chi connectivity index (χ4v) is 6.20. The van der Waals surface area contributed by atoms with Crippen molar-refractivity contribution in [3.63, 3.8) is 0 Å². The number of carbonyl (C=O) groups excluding carboxylic acids is 2. The van der Waals surface area contributed by atoms with Gasteiger partial charge in [-0.15, -0.1) is 11.6 Å². The number of hydrogen-bond donors (Lipinski definition) is 1. The van der Waals surface area contributed by atoms with E-state index in [2.05, 4.69) is 45.6 Å². The van der Waals surface area contributed by atoms with E-state index in [0.717, 1.165) is 53.2 Å². The Kier molecular flexibility index (Phi) is 13.3. The predicted octanol–water partition coefficient (Wildman–Crippen LogP) is 7.07. The van der Waals surface area contributed by atoms with Gasteiger partial charge in [0, 0.05) is 34.2 Å². The first-order valence-corrected chi connectivity index (χ1v) is 16.8. The molecule has 244 valence electrons. The van der Waals surface area contributed by atoms with E-state index in [1.807, 2.05) is 49.4 Å². The number of carbonyl (C=O) groups is 2. The van der Waals surface area contributed by atoms with Gasteiger partial charge in [-0.1, -0.05) is 36.4 Å². The van der Waals surface area contributed by atoms with Crippen molar-refractivity contribution in [2.45, 2.75) is 46.1 Å². The molecule has 0 atom stereocenters. The molecule has 1 N–H and O–H groups in total. The van der Waals surface area contributed by atoms with Crippen LogP contribution in [0.4, 0.5) is 0 Å². The van der Waals surface area contributed by atoms with Gasteiger partial charge in [0.25, 0.3) is 0 Å². The van der Waals surface area contributed by atoms with E-state index < -0.39 is 0 Å². The zero-order valence-electron chi connectivity index (χ0n) is 27.3. The first-order valence-electron chi connectivity index (χ1n) is 16.3. The molecule has 0 spiro atoms. The number of benzene rings is 2. The summed E-state index contributed by atoms with van der Waals surface area (Å²) >= 11 is 5.71. The van der Waals surface area contributed by atoms with Crippen LogP contribution in [0.1, 0.15) is 60.5 Å². The lowest BCUT2D eigenvalue weighted by molar-refractivity contribution is 0.0506. The number of halogens is 1. The van der Waals surface area contributed by atoms with Crippen LogP contribution >= 0.6 is 11.6 Å². The summed E-state index contributed by atoms with van der Waals surface area (Å²) in [6, 6.07) is 19.7. The second-order valence-electron chi connectivity index (χ2n) is 12.1. The minimum atomic E-state index is -0.302. The maximum atomic E-state index is 12.3. The van der Waals surface area contributed by atoms with Gasteiger partial charge >= 0.3 is 11.9 Å². The summed E-state index contributed by atoms with van der Waals surface area (Å²) in [5.74, 6) is 1.76. The Morgan fingerprint density at radius 1 is 0.778 bits per heavy atom. The second-order valence-corrected chi connectivity index (χ2v) is 12.4. The fraction of sp³-hybridized carbons (Fsp3) is 0.500. The van der Waals surface area contributed by atoms with Crippen LogP contribution in [0.15, 0.2) is 60.7 Å². The number of aromatic nitrogens is 2. The monoisotopic (exact) mass is 636 g/mol. The topological polar surface area (TPSA) is 79.8 Å². The van der Waals surface area contributed by atoms with E-state index in [1.54, 1.807) is 13.0 Å². The molecule has 8 nitrogen and oxygen atoms in total. The molecule has 2 aliphatic rings. The van der Waals surface area contributed by atoms with E-state index >= 15 is 0 Å². The van der Waals surface area contributed by atoms with Gasteiger partial charge in [0.1, 0.15) is 11.4 Å². The van der Waals surface area contributed by atoms with E-state index in [9.17, 15) is 9.59 Å². The third-order valence-corrected chi connectivity index (χ3v) is 9.09. The van der Waals surface area contributed by atoms with E-state index in [0.29, 0.717) is 30.5 Å². The van der Waals surface area contributed by atoms with Crippen LogP contribution in [0.3, 0.4) is 0 Å². The van der Waals surface area contributed by atoms with Crippen LogP contribution < -0.4 is 0 Å². The number of nitrogens with one attached hydrogen (secondary N) is 1. The minimum absolute atomic E-state index is 0.216. The van der Waals surface area contributed by atoms with Crippen LogP contribution in [0.2, 0.25) is 0 Å². The molecule has 2 aliphatic heterocycles. The van der Waals surface area contributed by atoms with Crippen molar-refractivity contribution in [3.05, 3.63) is 72.1 Å². The molecule has 4 heterocycles. The van der Waals surface area contributed by atoms with Gasteiger partial charge in [-0.2, -0.15) is 0 Å². The smallest absolute Gasteiger partial charge is 0.354 e. The number of piperidine rings is 2. The normalized spacial score (nSPS) is 16.5. The summed E-state index contributed by atoms with van der Waals surface area (Å²) in [5.41, 5.74) is 3.27. The van der Waals surface area contributed by atoms with Crippen molar-refractivity contribution in [1.29, 1.82) is 0 Å². The summed E-state index contributed by atoms with van der Waals surface area (Å²) in [5, 5.41) is 2.13. The number of para-hydroxylation sites is 2. The fourth-order valence-electron chi connectivity index (χ4n) is 5.89. The molecular weight excluding hydrogens is 588 g/mol. The molecule has 0 unspecified atom stereocenters. The number of nitrogens with zero attached hydrogens (tertiary/aromatic N) is 3. The van der Waals surface area contributed by atoms with Gasteiger partial charge < -0.3 is 28.8 Å². The van der Waals surface area contributed by atoms with Crippen LogP contribution in [-0.4, -0.2) is 90.7 Å². The maximum absolute atomic E-state index is 12.3. The Hall–Kier alpha value is -3.33. The van der Waals surface area contributed by atoms with E-state index in [1.165, 1.54) is 38.8 Å². The number of alkyl halides is 1. The molecule has 0 radical (unpaired) electrons. The average molecular weight is 637 g/mol. The lowest BCUT2D eigenvalue weighted by Gasteiger charge is -2.29. The summed E-state index contributed by atoms with van der Waals surface area (Å²) in [6.07, 6.45) is 4.95. The molecule has 2 aromatic heterocycles. The molecule has 9 heteroatoms. The number of ether oxygens (including phenoxy) is 2. The third kappa shape index (κ3) is 9.83. The van der Waals surface area contributed by atoms with Gasteiger partial charge in [-0.05, 0) is 116 Å². The SMILES string of the molecule is CCOC(=O)c1cc2ccccc2[nH]1.CCOC(=O)c1cc2ccccc2n1CC1CCN(C)CC1.CN1CCC(CCl)CC1. The van der Waals surface area contributed by atoms with Crippen molar-refractivity contribution in [2.24, 2.45) is 11.8 Å². The number of aromatic amines is 1. The number of likely N-dealkylation sites (tertiary alicyclic amines) is 2. The quantitative estimate of drug-likeness (QED) is 0.173. The van der Waals surface area contributed by atoms with Crippen LogP contribution in [0.5, 0.6) is 0 Å². The van der Waals surface area contributed by atoms with Crippen LogP contribution in [0, 0.1) is 11.8 Å². The Morgan fingerprint density at radius 2 is 1.33 bits per heavy atom. The van der Waals surface area contributed by atoms with Crippen molar-refractivity contribution >= 4 is 45.3 Å². The molecule has 0 saturated carbocycles. The third-order valence-electron chi connectivity index (χ3n) is 8.66. The van der Waals surface area contributed by atoms with E-state index in [-0.39, 0.29) is 11.9 Å². The molecule has 45 heavy (non-hydrogen) atoms. The molecule has 2 saturated heterocycles. The van der Waals surface area contributed by atoms with Crippen LogP contribution in [0.25, 0.3) is 21.8 Å². The van der Waals surface area contributed by atoms with Gasteiger partial charge in [-0.3, -0.25) is 0 Å². The standard InChI is InChI=1S/C18H24N2O2.C11H11NO2.C7H14ClN/c1-3-22-18(21)17-12-15-6-4-5-7-16(15)20(17)13-14-8-10-19(2)11-9-14;1-2-14-11(13)10-7-8-5-3-4-6-9(8)12-10;1-9-4-2-7(6-8)3-5-9/h4-7,12,14H,3,8-11,13H2,1-2H3;3-7,12H,2H2,1H3;7H,2-6H2,1H3. The Bertz CT molecular complexity index is 1470. The average Bonchev–Trinajstić information content (AvgIpc) is 3.66. The largest absolute Gasteiger partial charge is 0.461 e. The zero-order valence-corrected chi connectivity index (χ0v) is 28.0. The Balaban J connectivity index is 0.000000171. The summed E-state index contributed by atoms with van der Waals surface area (Å²) in [6.45, 7) is 10.1. The molecule has 2 aromatic carbocycles. The summed E-state index contributed by atoms with van der Waals surface area (Å²) < 4.78 is 12.3. The highest BCUT2D eigenvalue weighted by atomic mass is 35.5. The first kappa shape index (κ1) is 34.5. The summed E-state index contributed by atoms with van der Waals surface area (Å²) in [4.78, 5) is 31.4. The van der Waals surface area contributed by atoms with Gasteiger partial charge in [0.15, 0.2) is 0 Å². The number of esters is 2. The second kappa shape index (κ2) is 17.4. The highest BCUT2D eigenvalue weighted by Gasteiger charge is 2.22. The zero-order chi connectivity index (χ0) is 32.2. The van der Waals surface area contributed by atoms with Crippen molar-refractivity contribution < 1.29 is 19.1 Å². The molecule has 0 bridgehead atoms. The number of fused-ring (bicyclic) bond motifs is 2. The van der Waals surface area contributed by atoms with Gasteiger partial charge in [0.05, 0.1) is 13.2 Å². The summed E-state index contributed by atoms with van der Waals surface area (Å²) in [7, 11) is 4.34. The molecule has 4 aromatic rings. The number of rotatable bonds is 7. The highest BCUT2D eigenvalue weighted by molar-refractivity contribution is 6.18. The van der Waals surface area contributed by atoms with Crippen molar-refractivity contribution in [2.75, 3.05) is 59.4 Å². The minimum Gasteiger partial charge on any atom is -0.461 e. The predicted molar refractivity (Wildman–Crippen MR) is 183 cm³/mol. The molecular formula is C36H49ClN4O4.